The zero-order chi connectivity index (χ0) is 13.7. The summed E-state index contributed by atoms with van der Waals surface area (Å²) in [7, 11) is 0. The summed E-state index contributed by atoms with van der Waals surface area (Å²) in [5.41, 5.74) is 0.417. The van der Waals surface area contributed by atoms with E-state index in [0.717, 1.165) is 5.82 Å². The molecule has 1 aliphatic carbocycles. The Labute approximate surface area is 114 Å². The summed E-state index contributed by atoms with van der Waals surface area (Å²) in [5, 5.41) is 3.37. The first kappa shape index (κ1) is 13.8. The SMILES string of the molecule is CCN(CC)C(=O)c1cnc(NC2CCCC2)cn1. The van der Waals surface area contributed by atoms with Crippen LogP contribution in [0.5, 0.6) is 0 Å². The Morgan fingerprint density at radius 1 is 1.26 bits per heavy atom. The second-order valence-corrected chi connectivity index (χ2v) is 4.89. The number of hydrogen-bond acceptors (Lipinski definition) is 4. The molecule has 1 heterocycles. The van der Waals surface area contributed by atoms with Gasteiger partial charge in [-0.1, -0.05) is 12.8 Å². The highest BCUT2D eigenvalue weighted by atomic mass is 16.2. The molecule has 0 unspecified atom stereocenters. The maximum Gasteiger partial charge on any atom is 0.274 e. The molecular formula is C14H22N4O. The van der Waals surface area contributed by atoms with Crippen LogP contribution in [0, 0.1) is 0 Å². The Kier molecular flexibility index (Phi) is 4.71. The summed E-state index contributed by atoms with van der Waals surface area (Å²) >= 11 is 0. The topological polar surface area (TPSA) is 58.1 Å². The van der Waals surface area contributed by atoms with E-state index in [1.165, 1.54) is 25.7 Å². The number of hydrogen-bond donors (Lipinski definition) is 1. The van der Waals surface area contributed by atoms with Crippen molar-refractivity contribution in [3.8, 4) is 0 Å². The van der Waals surface area contributed by atoms with Gasteiger partial charge in [-0.05, 0) is 26.7 Å². The molecule has 5 heteroatoms. The molecule has 0 aliphatic heterocycles. The molecule has 1 saturated carbocycles. The van der Waals surface area contributed by atoms with Gasteiger partial charge in [0.15, 0.2) is 0 Å². The van der Waals surface area contributed by atoms with E-state index in [-0.39, 0.29) is 5.91 Å². The molecule has 19 heavy (non-hydrogen) atoms. The molecule has 0 saturated heterocycles. The first-order valence-corrected chi connectivity index (χ1v) is 7.12. The van der Waals surface area contributed by atoms with Crippen molar-refractivity contribution in [1.29, 1.82) is 0 Å². The molecule has 1 aliphatic rings. The van der Waals surface area contributed by atoms with Crippen LogP contribution < -0.4 is 5.32 Å². The lowest BCUT2D eigenvalue weighted by Crippen LogP contribution is -2.31. The number of amides is 1. The zero-order valence-corrected chi connectivity index (χ0v) is 11.7. The number of anilines is 1. The molecule has 1 fully saturated rings. The van der Waals surface area contributed by atoms with E-state index < -0.39 is 0 Å². The van der Waals surface area contributed by atoms with Crippen LogP contribution in [0.4, 0.5) is 5.82 Å². The van der Waals surface area contributed by atoms with Gasteiger partial charge in [0.1, 0.15) is 11.5 Å². The fourth-order valence-electron chi connectivity index (χ4n) is 2.47. The summed E-state index contributed by atoms with van der Waals surface area (Å²) in [6.07, 6.45) is 8.18. The fraction of sp³-hybridized carbons (Fsp3) is 0.643. The van der Waals surface area contributed by atoms with Gasteiger partial charge >= 0.3 is 0 Å². The van der Waals surface area contributed by atoms with Crippen LogP contribution >= 0.6 is 0 Å². The molecule has 0 spiro atoms. The van der Waals surface area contributed by atoms with Crippen molar-refractivity contribution in [2.75, 3.05) is 18.4 Å². The molecule has 0 aromatic carbocycles. The molecule has 104 valence electrons. The number of aromatic nitrogens is 2. The molecule has 0 bridgehead atoms. The Balaban J connectivity index is 1.99. The van der Waals surface area contributed by atoms with Crippen molar-refractivity contribution in [2.24, 2.45) is 0 Å². The van der Waals surface area contributed by atoms with Crippen LogP contribution in [-0.2, 0) is 0 Å². The molecule has 0 atom stereocenters. The Morgan fingerprint density at radius 3 is 2.47 bits per heavy atom. The highest BCUT2D eigenvalue weighted by Gasteiger charge is 2.17. The van der Waals surface area contributed by atoms with E-state index in [9.17, 15) is 4.79 Å². The van der Waals surface area contributed by atoms with Gasteiger partial charge in [0.25, 0.3) is 5.91 Å². The van der Waals surface area contributed by atoms with Crippen LogP contribution in [0.2, 0.25) is 0 Å². The average molecular weight is 262 g/mol. The van der Waals surface area contributed by atoms with Gasteiger partial charge < -0.3 is 10.2 Å². The summed E-state index contributed by atoms with van der Waals surface area (Å²) < 4.78 is 0. The van der Waals surface area contributed by atoms with Crippen LogP contribution in [0.3, 0.4) is 0 Å². The molecule has 1 aromatic heterocycles. The fourth-order valence-corrected chi connectivity index (χ4v) is 2.47. The largest absolute Gasteiger partial charge is 0.366 e. The molecule has 2 rings (SSSR count). The minimum absolute atomic E-state index is 0.0510. The van der Waals surface area contributed by atoms with Crippen LogP contribution in [0.1, 0.15) is 50.0 Å². The lowest BCUT2D eigenvalue weighted by molar-refractivity contribution is 0.0766. The number of carbonyl (C=O) groups excluding carboxylic acids is 1. The van der Waals surface area contributed by atoms with Crippen molar-refractivity contribution in [2.45, 2.75) is 45.6 Å². The third kappa shape index (κ3) is 3.43. The van der Waals surface area contributed by atoms with Crippen molar-refractivity contribution in [1.82, 2.24) is 14.9 Å². The van der Waals surface area contributed by atoms with E-state index in [1.54, 1.807) is 17.3 Å². The minimum Gasteiger partial charge on any atom is -0.366 e. The van der Waals surface area contributed by atoms with Crippen LogP contribution in [0.15, 0.2) is 12.4 Å². The second kappa shape index (κ2) is 6.50. The summed E-state index contributed by atoms with van der Waals surface area (Å²) in [6.45, 7) is 5.31. The van der Waals surface area contributed by atoms with E-state index in [4.69, 9.17) is 0 Å². The van der Waals surface area contributed by atoms with E-state index in [1.807, 2.05) is 13.8 Å². The second-order valence-electron chi connectivity index (χ2n) is 4.89. The molecular weight excluding hydrogens is 240 g/mol. The van der Waals surface area contributed by atoms with Gasteiger partial charge in [0.05, 0.1) is 12.4 Å². The monoisotopic (exact) mass is 262 g/mol. The summed E-state index contributed by atoms with van der Waals surface area (Å²) in [5.74, 6) is 0.716. The van der Waals surface area contributed by atoms with Gasteiger partial charge in [-0.3, -0.25) is 4.79 Å². The third-order valence-electron chi connectivity index (χ3n) is 3.63. The minimum atomic E-state index is -0.0510. The third-order valence-corrected chi connectivity index (χ3v) is 3.63. The molecule has 1 amide bonds. The van der Waals surface area contributed by atoms with Gasteiger partial charge in [-0.25, -0.2) is 9.97 Å². The van der Waals surface area contributed by atoms with Gasteiger partial charge in [-0.15, -0.1) is 0 Å². The standard InChI is InChI=1S/C14H22N4O/c1-3-18(4-2)14(19)12-9-16-13(10-15-12)17-11-7-5-6-8-11/h9-11H,3-8H2,1-2H3,(H,16,17). The van der Waals surface area contributed by atoms with Gasteiger partial charge in [0, 0.05) is 19.1 Å². The first-order valence-electron chi connectivity index (χ1n) is 7.12. The van der Waals surface area contributed by atoms with Crippen LogP contribution in [-0.4, -0.2) is 39.9 Å². The maximum absolute atomic E-state index is 12.1. The number of nitrogens with one attached hydrogen (secondary N) is 1. The number of nitrogens with zero attached hydrogens (tertiary/aromatic N) is 3. The number of carbonyl (C=O) groups is 1. The Hall–Kier alpha value is -1.65. The van der Waals surface area contributed by atoms with Gasteiger partial charge in [0.2, 0.25) is 0 Å². The highest BCUT2D eigenvalue weighted by Crippen LogP contribution is 2.20. The number of rotatable bonds is 5. The van der Waals surface area contributed by atoms with Crippen molar-refractivity contribution in [3.63, 3.8) is 0 Å². The highest BCUT2D eigenvalue weighted by molar-refractivity contribution is 5.92. The Bertz CT molecular complexity index is 408. The van der Waals surface area contributed by atoms with Crippen molar-refractivity contribution >= 4 is 11.7 Å². The van der Waals surface area contributed by atoms with Crippen molar-refractivity contribution < 1.29 is 4.79 Å². The predicted octanol–water partition coefficient (Wildman–Crippen LogP) is 2.31. The maximum atomic E-state index is 12.1. The van der Waals surface area contributed by atoms with E-state index >= 15 is 0 Å². The lowest BCUT2D eigenvalue weighted by Gasteiger charge is -2.18. The smallest absolute Gasteiger partial charge is 0.274 e. The molecule has 1 N–H and O–H groups in total. The summed E-state index contributed by atoms with van der Waals surface area (Å²) in [4.78, 5) is 22.3. The quantitative estimate of drug-likeness (QED) is 0.884. The predicted molar refractivity (Wildman–Crippen MR) is 75.2 cm³/mol. The normalized spacial score (nSPS) is 15.5. The van der Waals surface area contributed by atoms with Gasteiger partial charge in [-0.2, -0.15) is 0 Å². The lowest BCUT2D eigenvalue weighted by atomic mass is 10.2. The average Bonchev–Trinajstić information content (AvgIpc) is 2.94. The summed E-state index contributed by atoms with van der Waals surface area (Å²) in [6, 6.07) is 0.513. The first-order chi connectivity index (χ1) is 9.24. The molecule has 5 nitrogen and oxygen atoms in total. The molecule has 1 aromatic rings. The zero-order valence-electron chi connectivity index (χ0n) is 11.7. The van der Waals surface area contributed by atoms with Crippen LogP contribution in [0.25, 0.3) is 0 Å². The Morgan fingerprint density at radius 2 is 1.95 bits per heavy atom. The van der Waals surface area contributed by atoms with E-state index in [0.29, 0.717) is 24.8 Å². The van der Waals surface area contributed by atoms with Crippen molar-refractivity contribution in [3.05, 3.63) is 18.1 Å². The molecule has 0 radical (unpaired) electrons. The van der Waals surface area contributed by atoms with E-state index in [2.05, 4.69) is 15.3 Å².